The molecular weight excluding hydrogens is 380 g/mol. The number of nitrogens with one attached hydrogen (secondary N) is 2. The van der Waals surface area contributed by atoms with Gasteiger partial charge in [-0.25, -0.2) is 9.59 Å². The lowest BCUT2D eigenvalue weighted by Crippen LogP contribution is -2.44. The van der Waals surface area contributed by atoms with Crippen LogP contribution >= 0.6 is 0 Å². The first-order valence-corrected chi connectivity index (χ1v) is 9.14. The number of benzene rings is 1. The highest BCUT2D eigenvalue weighted by Crippen LogP contribution is 2.06. The molecule has 2 N–H and O–H groups in total. The van der Waals surface area contributed by atoms with Crippen LogP contribution in [0.3, 0.4) is 0 Å². The second kappa shape index (κ2) is 11.7. The Morgan fingerprint density at radius 3 is 2.31 bits per heavy atom. The number of hydrogen-bond acceptors (Lipinski definition) is 7. The van der Waals surface area contributed by atoms with Gasteiger partial charge in [0.05, 0.1) is 13.5 Å². The van der Waals surface area contributed by atoms with Crippen molar-refractivity contribution in [3.8, 4) is 0 Å². The third kappa shape index (κ3) is 10.7. The van der Waals surface area contributed by atoms with E-state index in [1.165, 1.54) is 7.11 Å². The quantitative estimate of drug-likeness (QED) is 0.467. The highest BCUT2D eigenvalue weighted by Gasteiger charge is 2.22. The number of amides is 2. The number of methoxy groups -OCH3 is 1. The van der Waals surface area contributed by atoms with Gasteiger partial charge in [0.2, 0.25) is 0 Å². The maximum Gasteiger partial charge on any atom is 0.407 e. The third-order valence-corrected chi connectivity index (χ3v) is 3.47. The zero-order valence-electron chi connectivity index (χ0n) is 17.2. The fourth-order valence-electron chi connectivity index (χ4n) is 2.22. The van der Waals surface area contributed by atoms with Gasteiger partial charge >= 0.3 is 18.0 Å². The molecule has 1 atom stereocenters. The Labute approximate surface area is 170 Å². The Kier molecular flexibility index (Phi) is 9.64. The van der Waals surface area contributed by atoms with Crippen molar-refractivity contribution in [2.75, 3.05) is 20.3 Å². The summed E-state index contributed by atoms with van der Waals surface area (Å²) in [6, 6.07) is 8.21. The molecule has 1 unspecified atom stereocenters. The molecule has 0 saturated carbocycles. The first-order valence-electron chi connectivity index (χ1n) is 9.14. The maximum atomic E-state index is 12.0. The molecule has 9 heteroatoms. The van der Waals surface area contributed by atoms with E-state index in [0.29, 0.717) is 0 Å². The van der Waals surface area contributed by atoms with Crippen molar-refractivity contribution < 1.29 is 33.4 Å². The van der Waals surface area contributed by atoms with E-state index in [0.717, 1.165) is 5.56 Å². The number of esters is 2. The van der Waals surface area contributed by atoms with Gasteiger partial charge in [-0.05, 0) is 26.3 Å². The number of carbonyl (C=O) groups is 4. The normalized spacial score (nSPS) is 11.7. The summed E-state index contributed by atoms with van der Waals surface area (Å²) < 4.78 is 14.6. The minimum atomic E-state index is -0.901. The molecule has 1 aromatic rings. The van der Waals surface area contributed by atoms with E-state index in [1.54, 1.807) is 20.8 Å². The van der Waals surface area contributed by atoms with Crippen LogP contribution in [0.4, 0.5) is 4.79 Å². The van der Waals surface area contributed by atoms with Gasteiger partial charge in [-0.3, -0.25) is 9.59 Å². The zero-order valence-corrected chi connectivity index (χ0v) is 17.2. The molecule has 0 bridgehead atoms. The predicted molar refractivity (Wildman–Crippen MR) is 104 cm³/mol. The van der Waals surface area contributed by atoms with Crippen LogP contribution in [-0.4, -0.2) is 55.8 Å². The van der Waals surface area contributed by atoms with Crippen LogP contribution in [0.1, 0.15) is 32.8 Å². The summed E-state index contributed by atoms with van der Waals surface area (Å²) in [6.45, 7) is 4.62. The summed E-state index contributed by atoms with van der Waals surface area (Å²) in [5.74, 6) is -1.91. The van der Waals surface area contributed by atoms with Crippen LogP contribution in [0, 0.1) is 0 Å². The molecule has 0 heterocycles. The van der Waals surface area contributed by atoms with E-state index in [1.807, 2.05) is 30.3 Å². The molecule has 2 amide bonds. The molecular formula is C20H28N2O7. The Bertz CT molecular complexity index is 699. The van der Waals surface area contributed by atoms with Crippen molar-refractivity contribution >= 4 is 23.9 Å². The van der Waals surface area contributed by atoms with Crippen LogP contribution in [-0.2, 0) is 35.0 Å². The van der Waals surface area contributed by atoms with Crippen LogP contribution < -0.4 is 10.6 Å². The van der Waals surface area contributed by atoms with Crippen molar-refractivity contribution in [1.29, 1.82) is 0 Å². The number of ether oxygens (including phenoxy) is 3. The third-order valence-electron chi connectivity index (χ3n) is 3.47. The SMILES string of the molecule is COC(=O)C(Cc1ccccc1)NC(=O)COC(=O)CCNC(=O)OC(C)(C)C. The fraction of sp³-hybridized carbons (Fsp3) is 0.500. The van der Waals surface area contributed by atoms with E-state index >= 15 is 0 Å². The lowest BCUT2D eigenvalue weighted by atomic mass is 10.1. The second-order valence-corrected chi connectivity index (χ2v) is 7.17. The predicted octanol–water partition coefficient (Wildman–Crippen LogP) is 1.34. The van der Waals surface area contributed by atoms with E-state index in [-0.39, 0.29) is 19.4 Å². The molecule has 0 aliphatic heterocycles. The van der Waals surface area contributed by atoms with Crippen molar-refractivity contribution in [2.24, 2.45) is 0 Å². The van der Waals surface area contributed by atoms with Crippen molar-refractivity contribution in [1.82, 2.24) is 10.6 Å². The minimum Gasteiger partial charge on any atom is -0.467 e. The summed E-state index contributed by atoms with van der Waals surface area (Å²) in [5.41, 5.74) is 0.201. The molecule has 0 radical (unpaired) electrons. The van der Waals surface area contributed by atoms with Crippen molar-refractivity contribution in [3.05, 3.63) is 35.9 Å². The summed E-state index contributed by atoms with van der Waals surface area (Å²) >= 11 is 0. The smallest absolute Gasteiger partial charge is 0.407 e. The summed E-state index contributed by atoms with van der Waals surface area (Å²) in [7, 11) is 1.23. The molecule has 1 aromatic carbocycles. The lowest BCUT2D eigenvalue weighted by molar-refractivity contribution is -0.150. The Hall–Kier alpha value is -3.10. The van der Waals surface area contributed by atoms with E-state index in [2.05, 4.69) is 10.6 Å². The van der Waals surface area contributed by atoms with Crippen molar-refractivity contribution in [2.45, 2.75) is 45.3 Å². The molecule has 0 aliphatic rings. The standard InChI is InChI=1S/C20H28N2O7/c1-20(2,3)29-19(26)21-11-10-17(24)28-13-16(23)22-15(18(25)27-4)12-14-8-6-5-7-9-14/h5-9,15H,10-13H2,1-4H3,(H,21,26)(H,22,23). The number of rotatable bonds is 9. The highest BCUT2D eigenvalue weighted by atomic mass is 16.6. The van der Waals surface area contributed by atoms with Gasteiger partial charge in [0, 0.05) is 13.0 Å². The van der Waals surface area contributed by atoms with E-state index in [9.17, 15) is 19.2 Å². The van der Waals surface area contributed by atoms with E-state index < -0.39 is 42.2 Å². The van der Waals surface area contributed by atoms with Crippen LogP contribution in [0.25, 0.3) is 0 Å². The monoisotopic (exact) mass is 408 g/mol. The first-order chi connectivity index (χ1) is 13.6. The summed E-state index contributed by atoms with van der Waals surface area (Å²) in [4.78, 5) is 47.1. The number of hydrogen-bond donors (Lipinski definition) is 2. The Morgan fingerprint density at radius 2 is 1.72 bits per heavy atom. The van der Waals surface area contributed by atoms with Gasteiger partial charge in [0.25, 0.3) is 5.91 Å². The molecule has 9 nitrogen and oxygen atoms in total. The minimum absolute atomic E-state index is 0.00809. The lowest BCUT2D eigenvalue weighted by Gasteiger charge is -2.19. The largest absolute Gasteiger partial charge is 0.467 e. The molecule has 160 valence electrons. The Morgan fingerprint density at radius 1 is 1.07 bits per heavy atom. The highest BCUT2D eigenvalue weighted by molar-refractivity contribution is 5.86. The van der Waals surface area contributed by atoms with Gasteiger partial charge in [-0.15, -0.1) is 0 Å². The zero-order chi connectivity index (χ0) is 21.9. The maximum absolute atomic E-state index is 12.0. The average molecular weight is 408 g/mol. The number of alkyl carbamates (subject to hydrolysis) is 1. The average Bonchev–Trinajstić information content (AvgIpc) is 2.64. The Balaban J connectivity index is 2.38. The van der Waals surface area contributed by atoms with Crippen molar-refractivity contribution in [3.63, 3.8) is 0 Å². The van der Waals surface area contributed by atoms with Gasteiger partial charge in [-0.1, -0.05) is 30.3 Å². The van der Waals surface area contributed by atoms with Gasteiger partial charge in [-0.2, -0.15) is 0 Å². The molecule has 1 rings (SSSR count). The first kappa shape index (κ1) is 23.9. The molecule has 0 aliphatic carbocycles. The second-order valence-electron chi connectivity index (χ2n) is 7.17. The summed E-state index contributed by atoms with van der Waals surface area (Å²) in [5, 5.41) is 4.91. The number of carbonyl (C=O) groups excluding carboxylic acids is 4. The van der Waals surface area contributed by atoms with Crippen LogP contribution in [0.15, 0.2) is 30.3 Å². The van der Waals surface area contributed by atoms with Crippen LogP contribution in [0.2, 0.25) is 0 Å². The summed E-state index contributed by atoms with van der Waals surface area (Å²) in [6.07, 6.45) is -0.533. The van der Waals surface area contributed by atoms with E-state index in [4.69, 9.17) is 14.2 Å². The fourth-order valence-corrected chi connectivity index (χ4v) is 2.22. The molecule has 0 saturated heterocycles. The van der Waals surface area contributed by atoms with Crippen LogP contribution in [0.5, 0.6) is 0 Å². The van der Waals surface area contributed by atoms with Gasteiger partial charge in [0.15, 0.2) is 6.61 Å². The van der Waals surface area contributed by atoms with Gasteiger partial charge < -0.3 is 24.8 Å². The topological polar surface area (TPSA) is 120 Å². The molecule has 0 aromatic heterocycles. The molecule has 0 fully saturated rings. The molecule has 29 heavy (non-hydrogen) atoms. The molecule has 0 spiro atoms. The van der Waals surface area contributed by atoms with Gasteiger partial charge in [0.1, 0.15) is 11.6 Å².